The number of methoxy groups -OCH3 is 1. The fraction of sp³-hybridized carbons (Fsp3) is 0.480. The Balaban J connectivity index is 2.07. The number of aliphatic hydroxyl groups is 1. The lowest BCUT2D eigenvalue weighted by atomic mass is 9.72. The van der Waals surface area contributed by atoms with Gasteiger partial charge in [-0.2, -0.15) is 0 Å². The van der Waals surface area contributed by atoms with Crippen LogP contribution in [0.5, 0.6) is 0 Å². The van der Waals surface area contributed by atoms with E-state index in [0.717, 1.165) is 43.2 Å². The van der Waals surface area contributed by atoms with E-state index < -0.39 is 5.60 Å². The van der Waals surface area contributed by atoms with Crippen molar-refractivity contribution >= 4 is 6.41 Å². The van der Waals surface area contributed by atoms with Gasteiger partial charge in [0.1, 0.15) is 5.82 Å². The highest BCUT2D eigenvalue weighted by Gasteiger charge is 2.42. The molecule has 1 saturated heterocycles. The molecule has 30 heavy (non-hydrogen) atoms. The monoisotopic (exact) mass is 413 g/mol. The van der Waals surface area contributed by atoms with Crippen LogP contribution in [0.3, 0.4) is 0 Å². The number of likely N-dealkylation sites (tertiary alicyclic amines) is 1. The molecule has 0 aromatic heterocycles. The molecule has 2 aromatic carbocycles. The number of hydrogen-bond donors (Lipinski definition) is 1. The first-order valence-electron chi connectivity index (χ1n) is 10.8. The van der Waals surface area contributed by atoms with E-state index in [9.17, 15) is 9.90 Å². The van der Waals surface area contributed by atoms with E-state index >= 15 is 4.39 Å². The van der Waals surface area contributed by atoms with Gasteiger partial charge in [0.2, 0.25) is 6.41 Å². The maximum atomic E-state index is 15.2. The number of ether oxygens (including phenoxy) is 1. The zero-order valence-electron chi connectivity index (χ0n) is 17.9. The Bertz CT molecular complexity index is 856. The second-order valence-electron chi connectivity index (χ2n) is 8.35. The highest BCUT2D eigenvalue weighted by molar-refractivity contribution is 5.70. The maximum absolute atomic E-state index is 15.2. The van der Waals surface area contributed by atoms with Gasteiger partial charge in [0.05, 0.1) is 5.60 Å². The summed E-state index contributed by atoms with van der Waals surface area (Å²) in [6.45, 7) is 3.78. The Kier molecular flexibility index (Phi) is 7.62. The number of benzene rings is 2. The van der Waals surface area contributed by atoms with Crippen molar-refractivity contribution in [2.75, 3.05) is 26.8 Å². The van der Waals surface area contributed by atoms with Gasteiger partial charge >= 0.3 is 0 Å². The number of hydrogen-bond acceptors (Lipinski definition) is 3. The van der Waals surface area contributed by atoms with E-state index in [1.54, 1.807) is 18.1 Å². The number of rotatable bonds is 9. The van der Waals surface area contributed by atoms with Crippen molar-refractivity contribution in [3.05, 3.63) is 59.4 Å². The number of carbonyl (C=O) groups is 1. The van der Waals surface area contributed by atoms with Crippen LogP contribution in [0.25, 0.3) is 11.1 Å². The zero-order valence-corrected chi connectivity index (χ0v) is 17.9. The number of unbranched alkanes of at least 4 members (excludes halogenated alkanes) is 1. The molecule has 0 aliphatic carbocycles. The van der Waals surface area contributed by atoms with Crippen LogP contribution in [0.2, 0.25) is 0 Å². The lowest BCUT2D eigenvalue weighted by Gasteiger charge is -2.43. The molecule has 2 aromatic rings. The second kappa shape index (κ2) is 10.2. The molecular weight excluding hydrogens is 381 g/mol. The SMILES string of the molecule is COCCCC[C@@](O)(c1cccc(F)c1-c1cccc(C)c1)[C@@H]1CCCN(C=O)C1. The minimum atomic E-state index is -1.23. The highest BCUT2D eigenvalue weighted by Crippen LogP contribution is 2.44. The van der Waals surface area contributed by atoms with E-state index in [0.29, 0.717) is 37.2 Å². The van der Waals surface area contributed by atoms with Crippen molar-refractivity contribution in [1.29, 1.82) is 0 Å². The molecular formula is C25H32FNO3. The number of halogens is 1. The molecule has 1 fully saturated rings. The van der Waals surface area contributed by atoms with Crippen molar-refractivity contribution < 1.29 is 19.0 Å². The Labute approximate surface area is 178 Å². The number of piperidine rings is 1. The van der Waals surface area contributed by atoms with Crippen LogP contribution < -0.4 is 0 Å². The number of nitrogens with zero attached hydrogens (tertiary/aromatic N) is 1. The van der Waals surface area contributed by atoms with Gasteiger partial charge in [-0.15, -0.1) is 0 Å². The summed E-state index contributed by atoms with van der Waals surface area (Å²) in [5, 5.41) is 12.1. The predicted octanol–water partition coefficient (Wildman–Crippen LogP) is 4.67. The van der Waals surface area contributed by atoms with E-state index in [1.807, 2.05) is 37.3 Å². The first-order chi connectivity index (χ1) is 14.5. The van der Waals surface area contributed by atoms with Gasteiger partial charge in [-0.05, 0) is 56.2 Å². The summed E-state index contributed by atoms with van der Waals surface area (Å²) in [6.07, 6.45) is 4.55. The summed E-state index contributed by atoms with van der Waals surface area (Å²) in [7, 11) is 1.66. The largest absolute Gasteiger partial charge is 0.385 e. The van der Waals surface area contributed by atoms with Gasteiger partial charge in [0.15, 0.2) is 0 Å². The molecule has 0 spiro atoms. The van der Waals surface area contributed by atoms with Crippen molar-refractivity contribution in [2.45, 2.75) is 44.6 Å². The molecule has 2 atom stereocenters. The fourth-order valence-electron chi connectivity index (χ4n) is 4.67. The Morgan fingerprint density at radius 3 is 2.80 bits per heavy atom. The summed E-state index contributed by atoms with van der Waals surface area (Å²) < 4.78 is 20.3. The Morgan fingerprint density at radius 2 is 2.07 bits per heavy atom. The standard InChI is InChI=1S/C25H32FNO3/c1-19-8-5-9-20(16-19)24-22(11-6-12-23(24)26)25(29,13-3-4-15-30-2)21-10-7-14-27(17-21)18-28/h5-6,8-9,11-12,16,18,21,29H,3-4,7,10,13-15,17H2,1-2H3/t21-,25+/m1/s1. The van der Waals surface area contributed by atoms with Crippen molar-refractivity contribution in [2.24, 2.45) is 5.92 Å². The van der Waals surface area contributed by atoms with Crippen LogP contribution in [0.1, 0.15) is 43.2 Å². The molecule has 1 amide bonds. The lowest BCUT2D eigenvalue weighted by molar-refractivity contribution is -0.123. The van der Waals surface area contributed by atoms with Gasteiger partial charge in [-0.3, -0.25) is 4.79 Å². The Hall–Kier alpha value is -2.24. The lowest BCUT2D eigenvalue weighted by Crippen LogP contribution is -2.46. The van der Waals surface area contributed by atoms with Crippen LogP contribution >= 0.6 is 0 Å². The molecule has 1 aliphatic rings. The summed E-state index contributed by atoms with van der Waals surface area (Å²) in [6, 6.07) is 12.7. The van der Waals surface area contributed by atoms with Crippen LogP contribution in [-0.2, 0) is 15.1 Å². The first kappa shape index (κ1) is 22.4. The number of carbonyl (C=O) groups excluding carboxylic acids is 1. The smallest absolute Gasteiger partial charge is 0.209 e. The summed E-state index contributed by atoms with van der Waals surface area (Å²) in [4.78, 5) is 13.1. The van der Waals surface area contributed by atoms with Crippen LogP contribution in [-0.4, -0.2) is 43.2 Å². The van der Waals surface area contributed by atoms with E-state index in [1.165, 1.54) is 6.07 Å². The van der Waals surface area contributed by atoms with E-state index in [2.05, 4.69) is 0 Å². The third-order valence-corrected chi connectivity index (χ3v) is 6.22. The summed E-state index contributed by atoms with van der Waals surface area (Å²) in [5.74, 6) is -0.485. The van der Waals surface area contributed by atoms with Crippen molar-refractivity contribution in [3.63, 3.8) is 0 Å². The molecule has 0 saturated carbocycles. The fourth-order valence-corrected chi connectivity index (χ4v) is 4.67. The van der Waals surface area contributed by atoms with Crippen molar-refractivity contribution in [3.8, 4) is 11.1 Å². The molecule has 4 nitrogen and oxygen atoms in total. The van der Waals surface area contributed by atoms with Crippen molar-refractivity contribution in [1.82, 2.24) is 4.90 Å². The number of amides is 1. The van der Waals surface area contributed by atoms with Gasteiger partial charge in [-0.1, -0.05) is 42.0 Å². The highest BCUT2D eigenvalue weighted by atomic mass is 19.1. The van der Waals surface area contributed by atoms with Gasteiger partial charge in [-0.25, -0.2) is 4.39 Å². The van der Waals surface area contributed by atoms with Gasteiger partial charge in [0.25, 0.3) is 0 Å². The molecule has 162 valence electrons. The predicted molar refractivity (Wildman–Crippen MR) is 117 cm³/mol. The van der Waals surface area contributed by atoms with Gasteiger partial charge in [0, 0.05) is 38.3 Å². The molecule has 0 bridgehead atoms. The minimum Gasteiger partial charge on any atom is -0.385 e. The average Bonchev–Trinajstić information content (AvgIpc) is 2.76. The summed E-state index contributed by atoms with van der Waals surface area (Å²) in [5.41, 5.74) is 1.65. The molecule has 3 rings (SSSR count). The van der Waals surface area contributed by atoms with Gasteiger partial charge < -0.3 is 14.7 Å². The Morgan fingerprint density at radius 1 is 1.27 bits per heavy atom. The van der Waals surface area contributed by atoms with E-state index in [-0.39, 0.29) is 11.7 Å². The maximum Gasteiger partial charge on any atom is 0.209 e. The normalized spacial score (nSPS) is 18.8. The molecule has 5 heteroatoms. The topological polar surface area (TPSA) is 49.8 Å². The van der Waals surface area contributed by atoms with Crippen LogP contribution in [0.4, 0.5) is 4.39 Å². The average molecular weight is 414 g/mol. The number of aryl methyl sites for hydroxylation is 1. The quantitative estimate of drug-likeness (QED) is 0.480. The summed E-state index contributed by atoms with van der Waals surface area (Å²) >= 11 is 0. The third kappa shape index (κ3) is 4.90. The molecule has 0 unspecified atom stereocenters. The van der Waals surface area contributed by atoms with Crippen LogP contribution in [0.15, 0.2) is 42.5 Å². The second-order valence-corrected chi connectivity index (χ2v) is 8.35. The zero-order chi connectivity index (χ0) is 21.6. The minimum absolute atomic E-state index is 0.149. The molecule has 0 radical (unpaired) electrons. The van der Waals surface area contributed by atoms with Crippen LogP contribution in [0, 0.1) is 18.7 Å². The molecule has 1 aliphatic heterocycles. The molecule has 1 N–H and O–H groups in total. The first-order valence-corrected chi connectivity index (χ1v) is 10.8. The molecule has 1 heterocycles. The third-order valence-electron chi connectivity index (χ3n) is 6.22. The van der Waals surface area contributed by atoms with E-state index in [4.69, 9.17) is 4.74 Å².